The van der Waals surface area contributed by atoms with Gasteiger partial charge in [-0.15, -0.1) is 11.3 Å². The molecule has 0 fully saturated rings. The Morgan fingerprint density at radius 2 is 2.05 bits per heavy atom. The van der Waals surface area contributed by atoms with E-state index in [0.717, 1.165) is 12.0 Å². The Labute approximate surface area is 120 Å². The summed E-state index contributed by atoms with van der Waals surface area (Å²) in [6.07, 6.45) is 0.815. The lowest BCUT2D eigenvalue weighted by molar-refractivity contribution is 0.0737. The van der Waals surface area contributed by atoms with Gasteiger partial charge in [-0.2, -0.15) is 0 Å². The zero-order valence-corrected chi connectivity index (χ0v) is 11.9. The van der Waals surface area contributed by atoms with Crippen molar-refractivity contribution >= 4 is 17.3 Å². The predicted molar refractivity (Wildman–Crippen MR) is 76.1 cm³/mol. The first kappa shape index (κ1) is 13.0. The second-order valence-corrected chi connectivity index (χ2v) is 5.24. The predicted octanol–water partition coefficient (Wildman–Crippen LogP) is 3.30. The van der Waals surface area contributed by atoms with Gasteiger partial charge in [0.05, 0.1) is 0 Å². The van der Waals surface area contributed by atoms with Crippen molar-refractivity contribution in [1.82, 2.24) is 0 Å². The molecule has 2 aromatic rings. The average molecular weight is 290 g/mol. The summed E-state index contributed by atoms with van der Waals surface area (Å²) in [5, 5.41) is 1.90. The number of rotatable bonds is 3. The third-order valence-corrected chi connectivity index (χ3v) is 3.97. The highest BCUT2D eigenvalue weighted by atomic mass is 32.1. The van der Waals surface area contributed by atoms with E-state index in [9.17, 15) is 4.79 Å². The van der Waals surface area contributed by atoms with Gasteiger partial charge in [0.15, 0.2) is 11.5 Å². The molecule has 20 heavy (non-hydrogen) atoms. The molecule has 1 aliphatic heterocycles. The third-order valence-electron chi connectivity index (χ3n) is 3.04. The summed E-state index contributed by atoms with van der Waals surface area (Å²) in [7, 11) is 0. The molecule has 0 atom stereocenters. The van der Waals surface area contributed by atoms with E-state index < -0.39 is 0 Å². The summed E-state index contributed by atoms with van der Waals surface area (Å²) >= 11 is 1.40. The van der Waals surface area contributed by atoms with Crippen LogP contribution in [0.3, 0.4) is 0 Å². The molecule has 0 amide bonds. The molecular formula is C15H14O4S. The van der Waals surface area contributed by atoms with Crippen LogP contribution in [0.25, 0.3) is 0 Å². The van der Waals surface area contributed by atoms with Gasteiger partial charge in [0.1, 0.15) is 23.8 Å². The summed E-state index contributed by atoms with van der Waals surface area (Å²) in [5.41, 5.74) is 1.01. The normalized spacial score (nSPS) is 13.1. The Bertz CT molecular complexity index is 633. The molecule has 4 nitrogen and oxygen atoms in total. The SMILES string of the molecule is CCc1ccsc1C(=O)Oc1ccc2c(c1)OCCO2. The van der Waals surface area contributed by atoms with Crippen molar-refractivity contribution in [2.45, 2.75) is 13.3 Å². The Hall–Kier alpha value is -2.01. The highest BCUT2D eigenvalue weighted by Gasteiger charge is 2.17. The van der Waals surface area contributed by atoms with E-state index >= 15 is 0 Å². The Balaban J connectivity index is 1.79. The van der Waals surface area contributed by atoms with Crippen molar-refractivity contribution < 1.29 is 19.0 Å². The Morgan fingerprint density at radius 1 is 1.25 bits per heavy atom. The molecule has 0 N–H and O–H groups in total. The second kappa shape index (κ2) is 5.54. The minimum absolute atomic E-state index is 0.325. The molecule has 0 bridgehead atoms. The molecule has 0 saturated heterocycles. The summed E-state index contributed by atoms with van der Waals surface area (Å²) in [6, 6.07) is 7.10. The fourth-order valence-corrected chi connectivity index (χ4v) is 2.90. The monoisotopic (exact) mass is 290 g/mol. The number of aryl methyl sites for hydroxylation is 1. The molecule has 0 spiro atoms. The molecule has 1 aromatic heterocycles. The van der Waals surface area contributed by atoms with E-state index in [4.69, 9.17) is 14.2 Å². The van der Waals surface area contributed by atoms with E-state index in [1.807, 2.05) is 18.4 Å². The first-order valence-corrected chi connectivity index (χ1v) is 7.34. The van der Waals surface area contributed by atoms with Gasteiger partial charge < -0.3 is 14.2 Å². The number of hydrogen-bond donors (Lipinski definition) is 0. The molecule has 0 saturated carbocycles. The highest BCUT2D eigenvalue weighted by molar-refractivity contribution is 7.12. The molecule has 0 unspecified atom stereocenters. The van der Waals surface area contributed by atoms with Crippen molar-refractivity contribution in [2.75, 3.05) is 13.2 Å². The molecule has 0 radical (unpaired) electrons. The van der Waals surface area contributed by atoms with Gasteiger partial charge in [0, 0.05) is 6.07 Å². The van der Waals surface area contributed by atoms with Gasteiger partial charge in [-0.1, -0.05) is 6.92 Å². The van der Waals surface area contributed by atoms with Crippen LogP contribution in [0.1, 0.15) is 22.2 Å². The fourth-order valence-electron chi connectivity index (χ4n) is 2.03. The topological polar surface area (TPSA) is 44.8 Å². The van der Waals surface area contributed by atoms with Gasteiger partial charge in [-0.05, 0) is 35.6 Å². The lowest BCUT2D eigenvalue weighted by atomic mass is 10.2. The standard InChI is InChI=1S/C15H14O4S/c1-2-10-5-8-20-14(10)15(16)19-11-3-4-12-13(9-11)18-7-6-17-12/h3-5,8-9H,2,6-7H2,1H3. The average Bonchev–Trinajstić information content (AvgIpc) is 2.95. The number of ether oxygens (including phenoxy) is 3. The second-order valence-electron chi connectivity index (χ2n) is 4.32. The van der Waals surface area contributed by atoms with Crippen LogP contribution < -0.4 is 14.2 Å². The quantitative estimate of drug-likeness (QED) is 0.642. The number of carbonyl (C=O) groups excluding carboxylic acids is 1. The van der Waals surface area contributed by atoms with Crippen molar-refractivity contribution in [2.24, 2.45) is 0 Å². The van der Waals surface area contributed by atoms with Crippen molar-refractivity contribution in [1.29, 1.82) is 0 Å². The van der Waals surface area contributed by atoms with Crippen LogP contribution in [0.15, 0.2) is 29.6 Å². The van der Waals surface area contributed by atoms with Crippen LogP contribution in [0.2, 0.25) is 0 Å². The number of thiophene rings is 1. The Kier molecular flexibility index (Phi) is 3.60. The molecule has 2 heterocycles. The maximum absolute atomic E-state index is 12.1. The third kappa shape index (κ3) is 2.49. The first-order chi connectivity index (χ1) is 9.78. The maximum Gasteiger partial charge on any atom is 0.353 e. The van der Waals surface area contributed by atoms with Crippen LogP contribution in [0.4, 0.5) is 0 Å². The summed E-state index contributed by atoms with van der Waals surface area (Å²) in [6.45, 7) is 3.07. The van der Waals surface area contributed by atoms with E-state index in [-0.39, 0.29) is 5.97 Å². The maximum atomic E-state index is 12.1. The largest absolute Gasteiger partial charge is 0.486 e. The van der Waals surface area contributed by atoms with E-state index in [1.165, 1.54) is 11.3 Å². The van der Waals surface area contributed by atoms with Crippen molar-refractivity contribution in [3.8, 4) is 17.2 Å². The van der Waals surface area contributed by atoms with Crippen LogP contribution in [-0.2, 0) is 6.42 Å². The number of carbonyl (C=O) groups is 1. The van der Waals surface area contributed by atoms with Gasteiger partial charge in [-0.25, -0.2) is 4.79 Å². The number of hydrogen-bond acceptors (Lipinski definition) is 5. The zero-order valence-electron chi connectivity index (χ0n) is 11.0. The van der Waals surface area contributed by atoms with Crippen LogP contribution in [-0.4, -0.2) is 19.2 Å². The summed E-state index contributed by atoms with van der Waals surface area (Å²) in [5.74, 6) is 1.44. The summed E-state index contributed by atoms with van der Waals surface area (Å²) < 4.78 is 16.3. The smallest absolute Gasteiger partial charge is 0.353 e. The molecule has 1 aliphatic rings. The number of fused-ring (bicyclic) bond motifs is 1. The van der Waals surface area contributed by atoms with Crippen molar-refractivity contribution in [3.63, 3.8) is 0 Å². The lowest BCUT2D eigenvalue weighted by Crippen LogP contribution is -2.15. The number of esters is 1. The minimum atomic E-state index is -0.325. The van der Waals surface area contributed by atoms with Crippen LogP contribution >= 0.6 is 11.3 Å². The molecule has 5 heteroatoms. The molecule has 0 aliphatic carbocycles. The highest BCUT2D eigenvalue weighted by Crippen LogP contribution is 2.34. The van der Waals surface area contributed by atoms with Crippen LogP contribution in [0, 0.1) is 0 Å². The molecule has 3 rings (SSSR count). The molecular weight excluding hydrogens is 276 g/mol. The van der Waals surface area contributed by atoms with Gasteiger partial charge in [0.2, 0.25) is 0 Å². The van der Waals surface area contributed by atoms with Crippen LogP contribution in [0.5, 0.6) is 17.2 Å². The minimum Gasteiger partial charge on any atom is -0.486 e. The molecule has 1 aromatic carbocycles. The number of benzene rings is 1. The van der Waals surface area contributed by atoms with Gasteiger partial charge in [-0.3, -0.25) is 0 Å². The van der Waals surface area contributed by atoms with E-state index in [0.29, 0.717) is 35.3 Å². The van der Waals surface area contributed by atoms with Gasteiger partial charge >= 0.3 is 5.97 Å². The van der Waals surface area contributed by atoms with E-state index in [2.05, 4.69) is 0 Å². The lowest BCUT2D eigenvalue weighted by Gasteiger charge is -2.18. The summed E-state index contributed by atoms with van der Waals surface area (Å²) in [4.78, 5) is 12.8. The first-order valence-electron chi connectivity index (χ1n) is 6.46. The van der Waals surface area contributed by atoms with E-state index in [1.54, 1.807) is 18.2 Å². The zero-order chi connectivity index (χ0) is 13.9. The molecule has 104 valence electrons. The van der Waals surface area contributed by atoms with Crippen molar-refractivity contribution in [3.05, 3.63) is 40.1 Å². The fraction of sp³-hybridized carbons (Fsp3) is 0.267. The Morgan fingerprint density at radius 3 is 2.85 bits per heavy atom. The van der Waals surface area contributed by atoms with Gasteiger partial charge in [0.25, 0.3) is 0 Å².